The van der Waals surface area contributed by atoms with E-state index in [9.17, 15) is 0 Å². The van der Waals surface area contributed by atoms with Gasteiger partial charge in [-0.3, -0.25) is 0 Å². The fourth-order valence-electron chi connectivity index (χ4n) is 11.5. The molecule has 300 valence electrons. The quantitative estimate of drug-likeness (QED) is 0.166. The summed E-state index contributed by atoms with van der Waals surface area (Å²) in [6.07, 6.45) is 0. The van der Waals surface area contributed by atoms with Crippen LogP contribution in [0.2, 0.25) is 0 Å². The van der Waals surface area contributed by atoms with Crippen LogP contribution in [0.1, 0.15) is 44.5 Å². The van der Waals surface area contributed by atoms with E-state index in [2.05, 4.69) is 254 Å². The van der Waals surface area contributed by atoms with Gasteiger partial charge in [0.2, 0.25) is 0 Å². The van der Waals surface area contributed by atoms with Crippen molar-refractivity contribution in [2.45, 2.75) is 10.8 Å². The first-order valence-electron chi connectivity index (χ1n) is 22.2. The van der Waals surface area contributed by atoms with E-state index in [4.69, 9.17) is 4.74 Å². The Morgan fingerprint density at radius 1 is 0.297 bits per heavy atom. The highest BCUT2D eigenvalue weighted by Gasteiger charge is 2.52. The minimum absolute atomic E-state index is 0.534. The van der Waals surface area contributed by atoms with Gasteiger partial charge in [0.05, 0.1) is 16.5 Å². The maximum absolute atomic E-state index is 6.85. The number of nitrogens with zero attached hydrogens (tertiary/aromatic N) is 1. The van der Waals surface area contributed by atoms with Crippen molar-refractivity contribution in [3.05, 3.63) is 293 Å². The highest BCUT2D eigenvalue weighted by molar-refractivity contribution is 5.99. The molecule has 0 amide bonds. The Kier molecular flexibility index (Phi) is 8.07. The molecule has 0 aromatic heterocycles. The minimum Gasteiger partial charge on any atom is -0.457 e. The number of anilines is 3. The van der Waals surface area contributed by atoms with Gasteiger partial charge >= 0.3 is 0 Å². The van der Waals surface area contributed by atoms with E-state index in [-0.39, 0.29) is 0 Å². The van der Waals surface area contributed by atoms with Crippen molar-refractivity contribution in [1.29, 1.82) is 0 Å². The number of hydrogen-bond acceptors (Lipinski definition) is 2. The van der Waals surface area contributed by atoms with Crippen molar-refractivity contribution in [3.8, 4) is 44.9 Å². The Hall–Kier alpha value is -8.20. The summed E-state index contributed by atoms with van der Waals surface area (Å²) in [5.41, 5.74) is 19.3. The zero-order valence-corrected chi connectivity index (χ0v) is 35.0. The molecule has 1 aliphatic heterocycles. The largest absolute Gasteiger partial charge is 0.457 e. The fourth-order valence-corrected chi connectivity index (χ4v) is 11.5. The van der Waals surface area contributed by atoms with Crippen molar-refractivity contribution in [2.24, 2.45) is 0 Å². The average molecular weight is 816 g/mol. The van der Waals surface area contributed by atoms with Gasteiger partial charge in [0.15, 0.2) is 0 Å². The molecule has 10 aromatic rings. The third-order valence-electron chi connectivity index (χ3n) is 14.0. The van der Waals surface area contributed by atoms with Crippen LogP contribution in [0.5, 0.6) is 11.5 Å². The molecule has 64 heavy (non-hydrogen) atoms. The molecule has 0 bridgehead atoms. The van der Waals surface area contributed by atoms with E-state index in [1.54, 1.807) is 0 Å². The Bertz CT molecular complexity index is 3380. The van der Waals surface area contributed by atoms with Crippen molar-refractivity contribution in [1.82, 2.24) is 0 Å². The second kappa shape index (κ2) is 14.2. The molecule has 2 heteroatoms. The zero-order valence-electron chi connectivity index (χ0n) is 35.0. The standard InChI is InChI=1S/C62H41NO/c1-5-20-42(21-6-1)43-36-39-59-56(40-43)62(53-32-17-18-35-58(53)64-59)52-31-16-14-29-50(52)60-54(62)33-19-34-57(60)63(46-26-11-4-12-27-46)47-37-38-49-48-28-13-15-30-51(48)61(55(49)41-47,44-22-7-2-8-23-44)45-24-9-3-10-25-45/h1-41H. The van der Waals surface area contributed by atoms with E-state index in [1.807, 2.05) is 0 Å². The van der Waals surface area contributed by atoms with Crippen LogP contribution in [-0.4, -0.2) is 0 Å². The molecular weight excluding hydrogens is 775 g/mol. The van der Waals surface area contributed by atoms with Crippen LogP contribution in [-0.2, 0) is 10.8 Å². The third kappa shape index (κ3) is 5.02. The Labute approximate surface area is 374 Å². The molecule has 2 aliphatic carbocycles. The summed E-state index contributed by atoms with van der Waals surface area (Å²) in [5, 5.41) is 0. The molecule has 0 saturated heterocycles. The number of para-hydroxylation sites is 2. The van der Waals surface area contributed by atoms with Gasteiger partial charge in [-0.2, -0.15) is 0 Å². The monoisotopic (exact) mass is 815 g/mol. The second-order valence-corrected chi connectivity index (χ2v) is 17.1. The molecule has 10 aromatic carbocycles. The number of benzene rings is 10. The van der Waals surface area contributed by atoms with Crippen LogP contribution in [0, 0.1) is 0 Å². The van der Waals surface area contributed by atoms with Crippen molar-refractivity contribution >= 4 is 17.1 Å². The van der Waals surface area contributed by atoms with E-state index < -0.39 is 10.8 Å². The molecule has 1 unspecified atom stereocenters. The van der Waals surface area contributed by atoms with Gasteiger partial charge in [0, 0.05) is 28.1 Å². The maximum Gasteiger partial charge on any atom is 0.132 e. The SMILES string of the molecule is c1ccc(-c2ccc3c(c2)C2(c4ccccc4O3)c3ccccc3-c3c(N(c4ccccc4)c4ccc5c(c4)C(c4ccccc4)(c4ccccc4)c4ccccc4-5)cccc32)cc1. The van der Waals surface area contributed by atoms with Gasteiger partial charge in [-0.15, -0.1) is 0 Å². The first kappa shape index (κ1) is 36.5. The summed E-state index contributed by atoms with van der Waals surface area (Å²) >= 11 is 0. The molecule has 13 rings (SSSR count). The zero-order chi connectivity index (χ0) is 42.2. The lowest BCUT2D eigenvalue weighted by atomic mass is 9.65. The summed E-state index contributed by atoms with van der Waals surface area (Å²) < 4.78 is 6.85. The van der Waals surface area contributed by atoms with E-state index in [0.29, 0.717) is 0 Å². The highest BCUT2D eigenvalue weighted by atomic mass is 16.5. The van der Waals surface area contributed by atoms with Crippen LogP contribution >= 0.6 is 0 Å². The summed E-state index contributed by atoms with van der Waals surface area (Å²) in [6, 6.07) is 91.3. The van der Waals surface area contributed by atoms with Gasteiger partial charge in [0.25, 0.3) is 0 Å². The first-order chi connectivity index (χ1) is 31.8. The first-order valence-corrected chi connectivity index (χ1v) is 22.2. The lowest BCUT2D eigenvalue weighted by molar-refractivity contribution is 0.436. The molecule has 2 nitrogen and oxygen atoms in total. The summed E-state index contributed by atoms with van der Waals surface area (Å²) in [4.78, 5) is 2.49. The van der Waals surface area contributed by atoms with Gasteiger partial charge in [-0.25, -0.2) is 0 Å². The van der Waals surface area contributed by atoms with Crippen molar-refractivity contribution in [3.63, 3.8) is 0 Å². The topological polar surface area (TPSA) is 12.5 Å². The average Bonchev–Trinajstić information content (AvgIpc) is 3.84. The van der Waals surface area contributed by atoms with Gasteiger partial charge in [-0.1, -0.05) is 200 Å². The smallest absolute Gasteiger partial charge is 0.132 e. The van der Waals surface area contributed by atoms with Crippen LogP contribution in [0.4, 0.5) is 17.1 Å². The summed E-state index contributed by atoms with van der Waals surface area (Å²) in [7, 11) is 0. The Morgan fingerprint density at radius 2 is 0.844 bits per heavy atom. The molecule has 1 heterocycles. The molecule has 0 fully saturated rings. The lowest BCUT2D eigenvalue weighted by Crippen LogP contribution is -2.32. The fraction of sp³-hybridized carbons (Fsp3) is 0.0323. The summed E-state index contributed by atoms with van der Waals surface area (Å²) in [5.74, 6) is 1.76. The van der Waals surface area contributed by atoms with E-state index in [0.717, 1.165) is 45.3 Å². The Morgan fingerprint density at radius 3 is 1.56 bits per heavy atom. The highest BCUT2D eigenvalue weighted by Crippen LogP contribution is 2.65. The molecule has 1 spiro atoms. The predicted molar refractivity (Wildman–Crippen MR) is 261 cm³/mol. The normalized spacial score (nSPS) is 15.5. The van der Waals surface area contributed by atoms with Crippen molar-refractivity contribution < 1.29 is 4.74 Å². The maximum atomic E-state index is 6.85. The second-order valence-electron chi connectivity index (χ2n) is 17.1. The van der Waals surface area contributed by atoms with Gasteiger partial charge in [0.1, 0.15) is 11.5 Å². The van der Waals surface area contributed by atoms with Crippen molar-refractivity contribution in [2.75, 3.05) is 4.90 Å². The molecule has 0 saturated carbocycles. The molecule has 3 aliphatic rings. The van der Waals surface area contributed by atoms with Crippen LogP contribution in [0.15, 0.2) is 249 Å². The van der Waals surface area contributed by atoms with Gasteiger partial charge < -0.3 is 9.64 Å². The van der Waals surface area contributed by atoms with Gasteiger partial charge in [-0.05, 0) is 110 Å². The number of fused-ring (bicyclic) bond motifs is 12. The van der Waals surface area contributed by atoms with Crippen LogP contribution in [0.3, 0.4) is 0 Å². The molecule has 0 N–H and O–H groups in total. The Balaban J connectivity index is 1.10. The van der Waals surface area contributed by atoms with Crippen LogP contribution < -0.4 is 9.64 Å². The molecule has 0 radical (unpaired) electrons. The third-order valence-corrected chi connectivity index (χ3v) is 14.0. The van der Waals surface area contributed by atoms with E-state index >= 15 is 0 Å². The number of ether oxygens (including phenoxy) is 1. The summed E-state index contributed by atoms with van der Waals surface area (Å²) in [6.45, 7) is 0. The lowest BCUT2D eigenvalue weighted by Gasteiger charge is -2.40. The minimum atomic E-state index is -0.644. The number of hydrogen-bond donors (Lipinski definition) is 0. The van der Waals surface area contributed by atoms with E-state index in [1.165, 1.54) is 61.2 Å². The van der Waals surface area contributed by atoms with Crippen LogP contribution in [0.25, 0.3) is 33.4 Å². The predicted octanol–water partition coefficient (Wildman–Crippen LogP) is 15.7. The number of rotatable bonds is 6. The molecule has 1 atom stereocenters. The molecular formula is C62H41NO.